The average Bonchev–Trinajstić information content (AvgIpc) is 2.63. The van der Waals surface area contributed by atoms with Gasteiger partial charge in [-0.1, -0.05) is 29.8 Å². The van der Waals surface area contributed by atoms with Gasteiger partial charge in [-0.25, -0.2) is 14.8 Å². The molecule has 0 atom stereocenters. The van der Waals surface area contributed by atoms with Crippen LogP contribution >= 0.6 is 11.6 Å². The topological polar surface area (TPSA) is 76.1 Å². The van der Waals surface area contributed by atoms with Crippen molar-refractivity contribution in [2.75, 3.05) is 17.7 Å². The molecule has 0 saturated heterocycles. The van der Waals surface area contributed by atoms with Crippen molar-refractivity contribution in [3.8, 4) is 0 Å². The number of aromatic nitrogens is 2. The first kappa shape index (κ1) is 17.7. The molecule has 2 aromatic carbocycles. The Hall–Kier alpha value is -3.12. The quantitative estimate of drug-likeness (QED) is 0.635. The van der Waals surface area contributed by atoms with E-state index in [0.717, 1.165) is 5.69 Å². The van der Waals surface area contributed by atoms with Crippen LogP contribution in [0.25, 0.3) is 0 Å². The number of hydrogen-bond donors (Lipinski definition) is 2. The maximum atomic E-state index is 11.7. The van der Waals surface area contributed by atoms with E-state index < -0.39 is 5.97 Å². The third-order valence-electron chi connectivity index (χ3n) is 3.53. The zero-order valence-electron chi connectivity index (χ0n) is 14.3. The zero-order chi connectivity index (χ0) is 18.5. The standard InChI is InChI=1S/C19H17ClN4O2/c1-12-21-17(23-14-6-4-3-5-7-14)11-18(22-12)24-16-10-13(19(25)26-2)8-9-15(16)20/h3-11H,1-2H3,(H2,21,22,23,24). The number of rotatable bonds is 5. The van der Waals surface area contributed by atoms with E-state index in [0.29, 0.717) is 33.7 Å². The number of esters is 1. The number of halogens is 1. The van der Waals surface area contributed by atoms with Gasteiger partial charge in [0.1, 0.15) is 17.5 Å². The molecule has 26 heavy (non-hydrogen) atoms. The number of hydrogen-bond acceptors (Lipinski definition) is 6. The summed E-state index contributed by atoms with van der Waals surface area (Å²) in [5.74, 6) is 1.36. The van der Waals surface area contributed by atoms with Gasteiger partial charge in [0.2, 0.25) is 0 Å². The lowest BCUT2D eigenvalue weighted by Crippen LogP contribution is -2.04. The van der Waals surface area contributed by atoms with Gasteiger partial charge in [-0.05, 0) is 37.3 Å². The summed E-state index contributed by atoms with van der Waals surface area (Å²) >= 11 is 6.23. The molecule has 0 spiro atoms. The molecule has 0 aliphatic carbocycles. The largest absolute Gasteiger partial charge is 0.465 e. The van der Waals surface area contributed by atoms with Crippen molar-refractivity contribution in [3.63, 3.8) is 0 Å². The molecule has 7 heteroatoms. The Bertz CT molecular complexity index is 932. The summed E-state index contributed by atoms with van der Waals surface area (Å²) in [6.45, 7) is 1.80. The van der Waals surface area contributed by atoms with Gasteiger partial charge in [0.05, 0.1) is 23.4 Å². The second kappa shape index (κ2) is 7.84. The van der Waals surface area contributed by atoms with Crippen LogP contribution in [0.1, 0.15) is 16.2 Å². The van der Waals surface area contributed by atoms with Gasteiger partial charge in [-0.15, -0.1) is 0 Å². The molecule has 1 aromatic heterocycles. The second-order valence-corrected chi connectivity index (χ2v) is 5.90. The predicted octanol–water partition coefficient (Wildman–Crippen LogP) is 4.71. The van der Waals surface area contributed by atoms with Crippen LogP contribution in [0.15, 0.2) is 54.6 Å². The maximum Gasteiger partial charge on any atom is 0.337 e. The lowest BCUT2D eigenvalue weighted by molar-refractivity contribution is 0.0601. The highest BCUT2D eigenvalue weighted by molar-refractivity contribution is 6.33. The molecule has 0 amide bonds. The molecule has 6 nitrogen and oxygen atoms in total. The second-order valence-electron chi connectivity index (χ2n) is 5.49. The first-order valence-electron chi connectivity index (χ1n) is 7.88. The summed E-state index contributed by atoms with van der Waals surface area (Å²) in [5, 5.41) is 6.82. The summed E-state index contributed by atoms with van der Waals surface area (Å²) in [6, 6.07) is 16.3. The number of aryl methyl sites for hydroxylation is 1. The van der Waals surface area contributed by atoms with Gasteiger partial charge in [-0.2, -0.15) is 0 Å². The molecule has 1 heterocycles. The van der Waals surface area contributed by atoms with Crippen LogP contribution < -0.4 is 10.6 Å². The van der Waals surface area contributed by atoms with E-state index in [1.807, 2.05) is 30.3 Å². The fourth-order valence-electron chi connectivity index (χ4n) is 2.37. The Morgan fingerprint density at radius 2 is 1.69 bits per heavy atom. The van der Waals surface area contributed by atoms with E-state index in [4.69, 9.17) is 16.3 Å². The highest BCUT2D eigenvalue weighted by Crippen LogP contribution is 2.27. The first-order chi connectivity index (χ1) is 12.5. The summed E-state index contributed by atoms with van der Waals surface area (Å²) < 4.78 is 4.74. The van der Waals surface area contributed by atoms with Crippen molar-refractivity contribution in [2.24, 2.45) is 0 Å². The van der Waals surface area contributed by atoms with Crippen molar-refractivity contribution in [1.82, 2.24) is 9.97 Å². The molecular weight excluding hydrogens is 352 g/mol. The third kappa shape index (κ3) is 4.29. The molecule has 132 valence electrons. The van der Waals surface area contributed by atoms with Gasteiger partial charge >= 0.3 is 5.97 Å². The van der Waals surface area contributed by atoms with E-state index in [9.17, 15) is 4.79 Å². The monoisotopic (exact) mass is 368 g/mol. The van der Waals surface area contributed by atoms with Crippen molar-refractivity contribution in [1.29, 1.82) is 0 Å². The van der Waals surface area contributed by atoms with Crippen molar-refractivity contribution < 1.29 is 9.53 Å². The molecule has 0 radical (unpaired) electrons. The SMILES string of the molecule is COC(=O)c1ccc(Cl)c(Nc2cc(Nc3ccccc3)nc(C)n2)c1. The number of anilines is 4. The van der Waals surface area contributed by atoms with Crippen molar-refractivity contribution in [2.45, 2.75) is 6.92 Å². The van der Waals surface area contributed by atoms with Gasteiger partial charge in [0, 0.05) is 11.8 Å². The average molecular weight is 369 g/mol. The molecule has 0 saturated carbocycles. The van der Waals surface area contributed by atoms with Gasteiger partial charge < -0.3 is 15.4 Å². The molecule has 2 N–H and O–H groups in total. The lowest BCUT2D eigenvalue weighted by Gasteiger charge is -2.12. The molecule has 3 aromatic rings. The number of methoxy groups -OCH3 is 1. The molecule has 0 aliphatic heterocycles. The smallest absolute Gasteiger partial charge is 0.337 e. The molecule has 0 bridgehead atoms. The third-order valence-corrected chi connectivity index (χ3v) is 3.86. The van der Waals surface area contributed by atoms with E-state index in [1.165, 1.54) is 7.11 Å². The zero-order valence-corrected chi connectivity index (χ0v) is 15.0. The van der Waals surface area contributed by atoms with Gasteiger partial charge in [0.15, 0.2) is 0 Å². The first-order valence-corrected chi connectivity index (χ1v) is 8.25. The van der Waals surface area contributed by atoms with Crippen molar-refractivity contribution in [3.05, 3.63) is 71.0 Å². The molecule has 0 fully saturated rings. The summed E-state index contributed by atoms with van der Waals surface area (Å²) in [6.07, 6.45) is 0. The summed E-state index contributed by atoms with van der Waals surface area (Å²) in [4.78, 5) is 20.5. The number of carbonyl (C=O) groups excluding carboxylic acids is 1. The minimum Gasteiger partial charge on any atom is -0.465 e. The molecule has 0 unspecified atom stereocenters. The minimum atomic E-state index is -0.435. The lowest BCUT2D eigenvalue weighted by atomic mass is 10.2. The molecule has 0 aliphatic rings. The highest BCUT2D eigenvalue weighted by Gasteiger charge is 2.10. The van der Waals surface area contributed by atoms with Gasteiger partial charge in [0.25, 0.3) is 0 Å². The normalized spacial score (nSPS) is 10.3. The molecule has 3 rings (SSSR count). The predicted molar refractivity (Wildman–Crippen MR) is 103 cm³/mol. The number of ether oxygens (including phenoxy) is 1. The number of carbonyl (C=O) groups is 1. The van der Waals surface area contributed by atoms with Crippen LogP contribution in [0.4, 0.5) is 23.0 Å². The minimum absolute atomic E-state index is 0.396. The Morgan fingerprint density at radius 3 is 2.38 bits per heavy atom. The Balaban J connectivity index is 1.87. The van der Waals surface area contributed by atoms with Crippen LogP contribution in [0.3, 0.4) is 0 Å². The van der Waals surface area contributed by atoms with E-state index in [2.05, 4.69) is 20.6 Å². The van der Waals surface area contributed by atoms with Crippen LogP contribution in [0.2, 0.25) is 5.02 Å². The Labute approximate surface area is 156 Å². The number of benzene rings is 2. The van der Waals surface area contributed by atoms with Crippen molar-refractivity contribution >= 4 is 40.6 Å². The summed E-state index contributed by atoms with van der Waals surface area (Å²) in [7, 11) is 1.33. The van der Waals surface area contributed by atoms with E-state index in [-0.39, 0.29) is 0 Å². The Kier molecular flexibility index (Phi) is 5.34. The number of para-hydroxylation sites is 1. The summed E-state index contributed by atoms with van der Waals surface area (Å²) in [5.41, 5.74) is 1.87. The van der Waals surface area contributed by atoms with E-state index >= 15 is 0 Å². The number of nitrogens with zero attached hydrogens (tertiary/aromatic N) is 2. The molecular formula is C19H17ClN4O2. The Morgan fingerprint density at radius 1 is 1.00 bits per heavy atom. The van der Waals surface area contributed by atoms with Crippen LogP contribution in [0.5, 0.6) is 0 Å². The van der Waals surface area contributed by atoms with Crippen LogP contribution in [0, 0.1) is 6.92 Å². The highest BCUT2D eigenvalue weighted by atomic mass is 35.5. The number of nitrogens with one attached hydrogen (secondary N) is 2. The van der Waals surface area contributed by atoms with Gasteiger partial charge in [-0.3, -0.25) is 0 Å². The van der Waals surface area contributed by atoms with Crippen LogP contribution in [-0.4, -0.2) is 23.0 Å². The van der Waals surface area contributed by atoms with Crippen LogP contribution in [-0.2, 0) is 4.74 Å². The van der Waals surface area contributed by atoms with E-state index in [1.54, 1.807) is 31.2 Å². The maximum absolute atomic E-state index is 11.7. The fourth-order valence-corrected chi connectivity index (χ4v) is 2.53. The fraction of sp³-hybridized carbons (Fsp3) is 0.105.